The summed E-state index contributed by atoms with van der Waals surface area (Å²) in [6.45, 7) is 1.89. The summed E-state index contributed by atoms with van der Waals surface area (Å²) in [5.41, 5.74) is 1.47. The van der Waals surface area contributed by atoms with Crippen LogP contribution in [0, 0.1) is 0 Å². The fraction of sp³-hybridized carbons (Fsp3) is 0.273. The van der Waals surface area contributed by atoms with Gasteiger partial charge >= 0.3 is 0 Å². The van der Waals surface area contributed by atoms with Crippen LogP contribution in [0.2, 0.25) is 0 Å². The van der Waals surface area contributed by atoms with Crippen molar-refractivity contribution in [2.24, 2.45) is 7.05 Å². The van der Waals surface area contributed by atoms with E-state index >= 15 is 0 Å². The number of benzene rings is 2. The monoisotopic (exact) mass is 469 g/mol. The summed E-state index contributed by atoms with van der Waals surface area (Å²) >= 11 is 2.92. The van der Waals surface area contributed by atoms with Gasteiger partial charge in [-0.2, -0.15) is 0 Å². The van der Waals surface area contributed by atoms with Crippen molar-refractivity contribution in [2.75, 3.05) is 28.8 Å². The van der Waals surface area contributed by atoms with Gasteiger partial charge in [0.2, 0.25) is 5.91 Å². The lowest BCUT2D eigenvalue weighted by molar-refractivity contribution is -0.121. The predicted octanol–water partition coefficient (Wildman–Crippen LogP) is 3.75. The van der Waals surface area contributed by atoms with E-state index in [9.17, 15) is 9.59 Å². The van der Waals surface area contributed by atoms with Crippen molar-refractivity contribution in [1.29, 1.82) is 0 Å². The Labute approximate surface area is 194 Å². The lowest BCUT2D eigenvalue weighted by Crippen LogP contribution is -2.41. The Hall–Kier alpha value is -2.98. The zero-order valence-corrected chi connectivity index (χ0v) is 19.6. The second-order valence-corrected chi connectivity index (χ2v) is 8.99. The highest BCUT2D eigenvalue weighted by molar-refractivity contribution is 7.99. The van der Waals surface area contributed by atoms with Crippen LogP contribution in [0.5, 0.6) is 5.75 Å². The van der Waals surface area contributed by atoms with Gasteiger partial charge in [-0.1, -0.05) is 30.0 Å². The Morgan fingerprint density at radius 2 is 2.03 bits per heavy atom. The Kier molecular flexibility index (Phi) is 6.71. The third-order valence-electron chi connectivity index (χ3n) is 5.06. The van der Waals surface area contributed by atoms with Crippen molar-refractivity contribution < 1.29 is 14.3 Å². The zero-order chi connectivity index (χ0) is 22.7. The van der Waals surface area contributed by atoms with E-state index in [-0.39, 0.29) is 30.2 Å². The van der Waals surface area contributed by atoms with Gasteiger partial charge in [-0.3, -0.25) is 14.5 Å². The number of rotatable bonds is 7. The number of anilines is 2. The van der Waals surface area contributed by atoms with Crippen LogP contribution in [0.25, 0.3) is 0 Å². The number of carbonyl (C=O) groups is 2. The Balaban J connectivity index is 1.44. The van der Waals surface area contributed by atoms with E-state index in [1.54, 1.807) is 16.7 Å². The first-order valence-electron chi connectivity index (χ1n) is 9.98. The molecule has 166 valence electrons. The maximum atomic E-state index is 12.6. The van der Waals surface area contributed by atoms with Gasteiger partial charge in [-0.05, 0) is 43.5 Å². The van der Waals surface area contributed by atoms with Crippen molar-refractivity contribution in [3.05, 3.63) is 54.4 Å². The molecular weight excluding hydrogens is 446 g/mol. The van der Waals surface area contributed by atoms with Gasteiger partial charge in [-0.25, -0.2) is 0 Å². The molecule has 1 atom stereocenters. The number of fused-ring (bicyclic) bond motifs is 1. The summed E-state index contributed by atoms with van der Waals surface area (Å²) < 4.78 is 7.35. The van der Waals surface area contributed by atoms with Crippen molar-refractivity contribution in [3.63, 3.8) is 0 Å². The van der Waals surface area contributed by atoms with Crippen LogP contribution in [-0.2, 0) is 16.6 Å². The quantitative estimate of drug-likeness (QED) is 0.527. The molecule has 10 heteroatoms. The highest BCUT2D eigenvalue weighted by atomic mass is 32.2. The lowest BCUT2D eigenvalue weighted by Gasteiger charge is -2.33. The molecule has 0 aliphatic carbocycles. The fourth-order valence-corrected chi connectivity index (χ4v) is 4.68. The second-order valence-electron chi connectivity index (χ2n) is 7.16. The number of ether oxygens (including phenoxy) is 1. The third-order valence-corrected chi connectivity index (χ3v) is 6.81. The molecule has 32 heavy (non-hydrogen) atoms. The van der Waals surface area contributed by atoms with E-state index in [4.69, 9.17) is 4.74 Å². The molecule has 3 aromatic rings. The zero-order valence-electron chi connectivity index (χ0n) is 17.9. The molecule has 0 spiro atoms. The van der Waals surface area contributed by atoms with Gasteiger partial charge in [0.25, 0.3) is 5.91 Å². The fourth-order valence-electron chi connectivity index (χ4n) is 3.51. The number of nitrogens with zero attached hydrogens (tertiary/aromatic N) is 4. The predicted molar refractivity (Wildman–Crippen MR) is 126 cm³/mol. The average molecular weight is 470 g/mol. The van der Waals surface area contributed by atoms with Crippen molar-refractivity contribution >= 4 is 46.7 Å². The van der Waals surface area contributed by atoms with Crippen LogP contribution in [0.15, 0.2) is 58.6 Å². The van der Waals surface area contributed by atoms with Crippen molar-refractivity contribution in [3.8, 4) is 5.75 Å². The van der Waals surface area contributed by atoms with Gasteiger partial charge in [0, 0.05) is 17.6 Å². The van der Waals surface area contributed by atoms with E-state index in [1.165, 1.54) is 11.8 Å². The summed E-state index contributed by atoms with van der Waals surface area (Å²) in [5.74, 6) is 1.23. The van der Waals surface area contributed by atoms with E-state index in [2.05, 4.69) is 15.5 Å². The number of amides is 2. The molecule has 8 nitrogen and oxygen atoms in total. The molecule has 1 aliphatic heterocycles. The number of hydrogen-bond donors (Lipinski definition) is 1. The highest BCUT2D eigenvalue weighted by Gasteiger charge is 2.32. The molecule has 0 bridgehead atoms. The molecule has 1 N–H and O–H groups in total. The minimum Gasteiger partial charge on any atom is -0.482 e. The number of thioether (sulfide) groups is 2. The van der Waals surface area contributed by atoms with Crippen LogP contribution in [-0.4, -0.2) is 45.2 Å². The van der Waals surface area contributed by atoms with Crippen LogP contribution in [0.1, 0.15) is 18.8 Å². The largest absolute Gasteiger partial charge is 0.482 e. The van der Waals surface area contributed by atoms with Crippen LogP contribution >= 0.6 is 23.5 Å². The SMILES string of the molecule is CSc1cccc(NC(=O)CSc2nnc([C@@H](C)N3C(=O)COc4ccccc43)n2C)c1. The van der Waals surface area contributed by atoms with Gasteiger partial charge in [0.05, 0.1) is 17.5 Å². The number of nitrogens with one attached hydrogen (secondary N) is 1. The van der Waals surface area contributed by atoms with Crippen molar-refractivity contribution in [2.45, 2.75) is 23.0 Å². The second kappa shape index (κ2) is 9.66. The van der Waals surface area contributed by atoms with Crippen LogP contribution in [0.4, 0.5) is 11.4 Å². The Morgan fingerprint density at radius 1 is 1.22 bits per heavy atom. The van der Waals surface area contributed by atoms with Gasteiger partial charge in [-0.15, -0.1) is 22.0 Å². The van der Waals surface area contributed by atoms with E-state index in [1.807, 2.05) is 73.3 Å². The third kappa shape index (κ3) is 4.61. The molecule has 4 rings (SSSR count). The topological polar surface area (TPSA) is 89.3 Å². The number of para-hydroxylation sites is 2. The molecule has 0 saturated heterocycles. The molecule has 0 fully saturated rings. The van der Waals surface area contributed by atoms with Crippen LogP contribution < -0.4 is 15.0 Å². The van der Waals surface area contributed by atoms with Gasteiger partial charge in [0.15, 0.2) is 17.6 Å². The lowest BCUT2D eigenvalue weighted by atomic mass is 10.1. The molecular formula is C22H23N5O3S2. The number of aromatic nitrogens is 3. The first kappa shape index (κ1) is 22.2. The average Bonchev–Trinajstić information content (AvgIpc) is 3.17. The van der Waals surface area contributed by atoms with E-state index < -0.39 is 0 Å². The highest BCUT2D eigenvalue weighted by Crippen LogP contribution is 2.37. The number of carbonyl (C=O) groups excluding carboxylic acids is 2. The molecule has 2 amide bonds. The maximum absolute atomic E-state index is 12.6. The first-order valence-corrected chi connectivity index (χ1v) is 12.2. The minimum absolute atomic E-state index is 0.0152. The Bertz CT molecular complexity index is 1150. The molecule has 1 aliphatic rings. The maximum Gasteiger partial charge on any atom is 0.265 e. The number of hydrogen-bond acceptors (Lipinski definition) is 7. The van der Waals surface area contributed by atoms with Crippen molar-refractivity contribution in [1.82, 2.24) is 14.8 Å². The molecule has 0 unspecified atom stereocenters. The summed E-state index contributed by atoms with van der Waals surface area (Å²) in [7, 11) is 1.84. The van der Waals surface area contributed by atoms with E-state index in [0.717, 1.165) is 10.6 Å². The van der Waals surface area contributed by atoms with Gasteiger partial charge < -0.3 is 14.6 Å². The summed E-state index contributed by atoms with van der Waals surface area (Å²) in [6.07, 6.45) is 1.99. The van der Waals surface area contributed by atoms with Crippen LogP contribution in [0.3, 0.4) is 0 Å². The summed E-state index contributed by atoms with van der Waals surface area (Å²) in [4.78, 5) is 27.8. The minimum atomic E-state index is -0.345. The molecule has 0 saturated carbocycles. The molecule has 0 radical (unpaired) electrons. The molecule has 1 aromatic heterocycles. The first-order chi connectivity index (χ1) is 15.5. The Morgan fingerprint density at radius 3 is 2.84 bits per heavy atom. The molecule has 2 aromatic carbocycles. The standard InChI is InChI=1S/C22H23N5O3S2/c1-14(27-17-9-4-5-10-18(17)30-12-20(27)29)21-24-25-22(26(21)2)32-13-19(28)23-15-7-6-8-16(11-15)31-3/h4-11,14H,12-13H2,1-3H3,(H,23,28)/t14-/m1/s1. The summed E-state index contributed by atoms with van der Waals surface area (Å²) in [6, 6.07) is 14.8. The normalized spacial score (nSPS) is 14.0. The van der Waals surface area contributed by atoms with E-state index in [0.29, 0.717) is 22.4 Å². The summed E-state index contributed by atoms with van der Waals surface area (Å²) in [5, 5.41) is 12.1. The van der Waals surface area contributed by atoms with Gasteiger partial charge in [0.1, 0.15) is 5.75 Å². The molecule has 2 heterocycles. The smallest absolute Gasteiger partial charge is 0.265 e.